The molecule has 0 aliphatic heterocycles. The first-order valence-electron chi connectivity index (χ1n) is 6.29. The topological polar surface area (TPSA) is 41.1 Å². The van der Waals surface area contributed by atoms with Gasteiger partial charge < -0.3 is 10.6 Å². The van der Waals surface area contributed by atoms with E-state index in [1.807, 2.05) is 0 Å². The number of nitrogens with one attached hydrogen (secondary N) is 2. The van der Waals surface area contributed by atoms with Crippen LogP contribution in [0.25, 0.3) is 0 Å². The number of rotatable bonds is 8. The van der Waals surface area contributed by atoms with Crippen LogP contribution in [0.1, 0.15) is 46.0 Å². The highest BCUT2D eigenvalue weighted by molar-refractivity contribution is 5.78. The molecule has 0 spiro atoms. The zero-order chi connectivity index (χ0) is 11.1. The predicted molar refractivity (Wildman–Crippen MR) is 62.7 cm³/mol. The zero-order valence-corrected chi connectivity index (χ0v) is 10.0. The summed E-state index contributed by atoms with van der Waals surface area (Å²) in [7, 11) is 0. The smallest absolute Gasteiger partial charge is 0.223 e. The average Bonchev–Trinajstić information content (AvgIpc) is 3.03. The van der Waals surface area contributed by atoms with Gasteiger partial charge >= 0.3 is 0 Å². The summed E-state index contributed by atoms with van der Waals surface area (Å²) in [5.74, 6) is 0.438. The van der Waals surface area contributed by atoms with E-state index in [-0.39, 0.29) is 11.8 Å². The van der Waals surface area contributed by atoms with Gasteiger partial charge in [-0.05, 0) is 38.6 Å². The van der Waals surface area contributed by atoms with Gasteiger partial charge in [-0.25, -0.2) is 0 Å². The molecular formula is C12H24N2O. The minimum absolute atomic E-state index is 0.210. The Bertz CT molecular complexity index is 186. The lowest BCUT2D eigenvalue weighted by atomic mass is 10.0. The number of carbonyl (C=O) groups is 1. The third-order valence-corrected chi connectivity index (χ3v) is 3.02. The van der Waals surface area contributed by atoms with E-state index in [0.717, 1.165) is 38.4 Å². The Hall–Kier alpha value is -0.570. The predicted octanol–water partition coefficient (Wildman–Crippen LogP) is 1.68. The Morgan fingerprint density at radius 3 is 2.47 bits per heavy atom. The van der Waals surface area contributed by atoms with Gasteiger partial charge in [0.1, 0.15) is 0 Å². The van der Waals surface area contributed by atoms with Crippen LogP contribution in [0.3, 0.4) is 0 Å². The summed E-state index contributed by atoms with van der Waals surface area (Å²) >= 11 is 0. The molecule has 1 aliphatic carbocycles. The van der Waals surface area contributed by atoms with E-state index in [2.05, 4.69) is 24.5 Å². The fraction of sp³-hybridized carbons (Fsp3) is 0.917. The second-order valence-electron chi connectivity index (χ2n) is 4.39. The van der Waals surface area contributed by atoms with Crippen LogP contribution in [-0.4, -0.2) is 25.0 Å². The van der Waals surface area contributed by atoms with Crippen LogP contribution >= 0.6 is 0 Å². The van der Waals surface area contributed by atoms with Gasteiger partial charge in [0.05, 0.1) is 0 Å². The van der Waals surface area contributed by atoms with Gasteiger partial charge in [0.2, 0.25) is 5.91 Å². The van der Waals surface area contributed by atoms with Crippen LogP contribution in [0.2, 0.25) is 0 Å². The van der Waals surface area contributed by atoms with E-state index >= 15 is 0 Å². The first-order valence-corrected chi connectivity index (χ1v) is 6.29. The molecule has 0 unspecified atom stereocenters. The monoisotopic (exact) mass is 212 g/mol. The molecular weight excluding hydrogens is 188 g/mol. The fourth-order valence-corrected chi connectivity index (χ4v) is 1.70. The van der Waals surface area contributed by atoms with Crippen LogP contribution in [-0.2, 0) is 4.79 Å². The molecule has 1 aliphatic rings. The van der Waals surface area contributed by atoms with Crippen molar-refractivity contribution in [3.8, 4) is 0 Å². The van der Waals surface area contributed by atoms with Gasteiger partial charge in [-0.15, -0.1) is 0 Å². The molecule has 0 aromatic heterocycles. The maximum atomic E-state index is 11.6. The van der Waals surface area contributed by atoms with Crippen molar-refractivity contribution in [1.82, 2.24) is 10.6 Å². The molecule has 2 N–H and O–H groups in total. The number of hydrogen-bond acceptors (Lipinski definition) is 2. The van der Waals surface area contributed by atoms with E-state index in [1.54, 1.807) is 0 Å². The lowest BCUT2D eigenvalue weighted by Crippen LogP contribution is -2.32. The van der Waals surface area contributed by atoms with E-state index in [0.29, 0.717) is 0 Å². The summed E-state index contributed by atoms with van der Waals surface area (Å²) in [6.07, 6.45) is 5.61. The van der Waals surface area contributed by atoms with Crippen molar-refractivity contribution in [3.05, 3.63) is 0 Å². The second kappa shape index (κ2) is 6.83. The second-order valence-corrected chi connectivity index (χ2v) is 4.39. The zero-order valence-electron chi connectivity index (χ0n) is 10.0. The van der Waals surface area contributed by atoms with Crippen LogP contribution in [0.5, 0.6) is 0 Å². The van der Waals surface area contributed by atoms with Gasteiger partial charge in [0.25, 0.3) is 0 Å². The molecule has 1 rings (SSSR count). The van der Waals surface area contributed by atoms with Crippen LogP contribution in [0.4, 0.5) is 0 Å². The van der Waals surface area contributed by atoms with Gasteiger partial charge in [0.15, 0.2) is 0 Å². The van der Waals surface area contributed by atoms with Crippen molar-refractivity contribution >= 4 is 5.91 Å². The standard InChI is InChI=1S/C12H24N2O/c1-3-10(4-2)12(15)14-9-5-8-13-11-6-7-11/h10-11,13H,3-9H2,1-2H3,(H,14,15). The largest absolute Gasteiger partial charge is 0.356 e. The molecule has 0 saturated heterocycles. The summed E-state index contributed by atoms with van der Waals surface area (Å²) in [6.45, 7) is 5.99. The summed E-state index contributed by atoms with van der Waals surface area (Å²) in [6, 6.07) is 0.778. The molecule has 0 aromatic carbocycles. The molecule has 0 atom stereocenters. The third kappa shape index (κ3) is 5.17. The van der Waals surface area contributed by atoms with Crippen LogP contribution in [0, 0.1) is 5.92 Å². The lowest BCUT2D eigenvalue weighted by molar-refractivity contribution is -0.125. The Kier molecular flexibility index (Phi) is 5.69. The quantitative estimate of drug-likeness (QED) is 0.601. The number of hydrogen-bond donors (Lipinski definition) is 2. The van der Waals surface area contributed by atoms with Crippen molar-refractivity contribution in [1.29, 1.82) is 0 Å². The highest BCUT2D eigenvalue weighted by Gasteiger charge is 2.19. The van der Waals surface area contributed by atoms with Gasteiger partial charge in [-0.3, -0.25) is 4.79 Å². The van der Waals surface area contributed by atoms with E-state index in [4.69, 9.17) is 0 Å². The molecule has 1 amide bonds. The summed E-state index contributed by atoms with van der Waals surface area (Å²) in [5, 5.41) is 6.44. The Morgan fingerprint density at radius 1 is 1.27 bits per heavy atom. The van der Waals surface area contributed by atoms with Gasteiger partial charge in [0, 0.05) is 18.5 Å². The molecule has 0 aromatic rings. The van der Waals surface area contributed by atoms with E-state index in [9.17, 15) is 4.79 Å². The minimum Gasteiger partial charge on any atom is -0.356 e. The van der Waals surface area contributed by atoms with Gasteiger partial charge in [-0.2, -0.15) is 0 Å². The van der Waals surface area contributed by atoms with Crippen molar-refractivity contribution in [2.24, 2.45) is 5.92 Å². The number of amides is 1. The van der Waals surface area contributed by atoms with Crippen molar-refractivity contribution in [3.63, 3.8) is 0 Å². The molecule has 0 radical (unpaired) electrons. The van der Waals surface area contributed by atoms with Gasteiger partial charge in [-0.1, -0.05) is 13.8 Å². The highest BCUT2D eigenvalue weighted by Crippen LogP contribution is 2.18. The summed E-state index contributed by atoms with van der Waals surface area (Å²) in [4.78, 5) is 11.6. The number of carbonyl (C=O) groups excluding carboxylic acids is 1. The van der Waals surface area contributed by atoms with Crippen LogP contribution in [0.15, 0.2) is 0 Å². The summed E-state index contributed by atoms with van der Waals surface area (Å²) < 4.78 is 0. The lowest BCUT2D eigenvalue weighted by Gasteiger charge is -2.12. The molecule has 15 heavy (non-hydrogen) atoms. The van der Waals surface area contributed by atoms with Crippen molar-refractivity contribution < 1.29 is 4.79 Å². The Labute approximate surface area is 93.0 Å². The maximum absolute atomic E-state index is 11.6. The van der Waals surface area contributed by atoms with Crippen molar-refractivity contribution in [2.45, 2.75) is 52.0 Å². The Morgan fingerprint density at radius 2 is 1.93 bits per heavy atom. The molecule has 1 saturated carbocycles. The molecule has 0 heterocycles. The first-order chi connectivity index (χ1) is 7.27. The third-order valence-electron chi connectivity index (χ3n) is 3.02. The molecule has 0 bridgehead atoms. The molecule has 3 nitrogen and oxygen atoms in total. The maximum Gasteiger partial charge on any atom is 0.223 e. The van der Waals surface area contributed by atoms with E-state index < -0.39 is 0 Å². The Balaban J connectivity index is 1.94. The molecule has 1 fully saturated rings. The van der Waals surface area contributed by atoms with Crippen LogP contribution < -0.4 is 10.6 Å². The molecule has 88 valence electrons. The highest BCUT2D eigenvalue weighted by atomic mass is 16.1. The van der Waals surface area contributed by atoms with Crippen molar-refractivity contribution in [2.75, 3.05) is 13.1 Å². The molecule has 3 heteroatoms. The minimum atomic E-state index is 0.210. The van der Waals surface area contributed by atoms with E-state index in [1.165, 1.54) is 12.8 Å². The first kappa shape index (κ1) is 12.5. The normalized spacial score (nSPS) is 15.7. The average molecular weight is 212 g/mol. The summed E-state index contributed by atoms with van der Waals surface area (Å²) in [5.41, 5.74) is 0. The fourth-order valence-electron chi connectivity index (χ4n) is 1.70. The SMILES string of the molecule is CCC(CC)C(=O)NCCCNC1CC1.